The fourth-order valence-corrected chi connectivity index (χ4v) is 7.01. The van der Waals surface area contributed by atoms with E-state index in [9.17, 15) is 5.11 Å². The van der Waals surface area contributed by atoms with Crippen LogP contribution < -0.4 is 5.32 Å². The summed E-state index contributed by atoms with van der Waals surface area (Å²) in [6, 6.07) is 3.60. The van der Waals surface area contributed by atoms with Crippen molar-refractivity contribution >= 4 is 34.1 Å². The summed E-state index contributed by atoms with van der Waals surface area (Å²) < 4.78 is 22.9. The molecule has 0 spiro atoms. The van der Waals surface area contributed by atoms with Gasteiger partial charge in [-0.15, -0.1) is 0 Å². The first-order valence-electron chi connectivity index (χ1n) is 12.8. The lowest BCUT2D eigenvalue weighted by molar-refractivity contribution is -0.0990. The van der Waals surface area contributed by atoms with Crippen LogP contribution in [0.3, 0.4) is 0 Å². The van der Waals surface area contributed by atoms with E-state index in [0.717, 1.165) is 33.8 Å². The molecule has 8 nitrogen and oxygen atoms in total. The summed E-state index contributed by atoms with van der Waals surface area (Å²) in [7, 11) is 0. The first-order chi connectivity index (χ1) is 17.4. The summed E-state index contributed by atoms with van der Waals surface area (Å²) in [5.41, 5.74) is 3.73. The second-order valence-corrected chi connectivity index (χ2v) is 11.5. The fourth-order valence-electron chi connectivity index (χ4n) is 6.70. The highest BCUT2D eigenvalue weighted by Gasteiger charge is 2.59. The highest BCUT2D eigenvalue weighted by Crippen LogP contribution is 2.62. The van der Waals surface area contributed by atoms with Gasteiger partial charge >= 0.3 is 0 Å². The van der Waals surface area contributed by atoms with Crippen molar-refractivity contribution in [3.05, 3.63) is 40.8 Å². The third-order valence-electron chi connectivity index (χ3n) is 8.87. The van der Waals surface area contributed by atoms with Gasteiger partial charge in [-0.3, -0.25) is 9.58 Å². The van der Waals surface area contributed by atoms with E-state index in [1.807, 2.05) is 23.2 Å². The van der Waals surface area contributed by atoms with E-state index in [2.05, 4.69) is 27.0 Å². The average molecular weight is 513 g/mol. The van der Waals surface area contributed by atoms with Gasteiger partial charge in [0.25, 0.3) is 0 Å². The number of nitrogens with zero attached hydrogens (tertiary/aromatic N) is 5. The van der Waals surface area contributed by atoms with E-state index in [0.29, 0.717) is 37.2 Å². The summed E-state index contributed by atoms with van der Waals surface area (Å²) >= 11 is 6.62. The summed E-state index contributed by atoms with van der Waals surface area (Å²) in [6.45, 7) is 3.79. The first-order valence-corrected chi connectivity index (χ1v) is 13.2. The molecule has 8 rings (SSSR count). The quantitative estimate of drug-likeness (QED) is 0.535. The number of aliphatic hydroxyl groups excluding tert-OH is 1. The van der Waals surface area contributed by atoms with Crippen molar-refractivity contribution in [1.82, 2.24) is 24.6 Å². The van der Waals surface area contributed by atoms with E-state index >= 15 is 4.39 Å². The fraction of sp³-hybridized carbons (Fsp3) is 0.577. The molecule has 1 aromatic carbocycles. The van der Waals surface area contributed by atoms with Crippen molar-refractivity contribution < 1.29 is 14.2 Å². The number of hydrogen-bond acceptors (Lipinski definition) is 7. The van der Waals surface area contributed by atoms with Crippen LogP contribution >= 0.6 is 11.6 Å². The third kappa shape index (κ3) is 3.55. The number of nitrogens with one attached hydrogen (secondary N) is 1. The van der Waals surface area contributed by atoms with Crippen LogP contribution in [0, 0.1) is 12.8 Å². The van der Waals surface area contributed by atoms with Crippen LogP contribution in [0.5, 0.6) is 0 Å². The molecule has 2 N–H and O–H groups in total. The lowest BCUT2D eigenvalue weighted by atomic mass is 9.50. The Bertz CT molecular complexity index is 1320. The molecule has 2 aliphatic heterocycles. The van der Waals surface area contributed by atoms with Gasteiger partial charge in [0.1, 0.15) is 6.17 Å². The largest absolute Gasteiger partial charge is 0.389 e. The molecule has 5 fully saturated rings. The van der Waals surface area contributed by atoms with Crippen molar-refractivity contribution in [2.24, 2.45) is 5.92 Å². The number of rotatable bonds is 5. The van der Waals surface area contributed by atoms with Crippen LogP contribution in [0.1, 0.15) is 42.9 Å². The van der Waals surface area contributed by atoms with E-state index in [1.165, 1.54) is 19.3 Å². The Morgan fingerprint density at radius 2 is 2.06 bits per heavy atom. The maximum Gasteiger partial charge on any atom is 0.227 e. The van der Waals surface area contributed by atoms with Gasteiger partial charge in [0.15, 0.2) is 0 Å². The highest BCUT2D eigenvalue weighted by molar-refractivity contribution is 6.32. The molecule has 190 valence electrons. The molecule has 36 heavy (non-hydrogen) atoms. The summed E-state index contributed by atoms with van der Waals surface area (Å²) in [6.07, 6.45) is 6.26. The molecule has 4 heterocycles. The zero-order valence-corrected chi connectivity index (χ0v) is 21.0. The molecule has 3 aliphatic carbocycles. The van der Waals surface area contributed by atoms with Crippen molar-refractivity contribution in [3.63, 3.8) is 0 Å². The molecule has 4 atom stereocenters. The second-order valence-electron chi connectivity index (χ2n) is 11.1. The van der Waals surface area contributed by atoms with Crippen LogP contribution in [-0.4, -0.2) is 74.4 Å². The molecular weight excluding hydrogens is 483 g/mol. The Morgan fingerprint density at radius 1 is 1.22 bits per heavy atom. The standard InChI is InChI=1S/C26H30ClFN6O2/c1-14-22(10-30-34(14)26-6-15(7-26)8-26)32-25-29-9-16-4-19(27)18(5-21(16)31-25)17-2-3-33(11-20(17)28)23-12-36-13-24(23)35/h4-5,9-10,15,17,20,23-24,35H,2-3,6-8,11-13H2,1H3,(H,29,31,32)/t15?,17-,20+,23+,24-,26?/m0/s1. The minimum Gasteiger partial charge on any atom is -0.389 e. The summed E-state index contributed by atoms with van der Waals surface area (Å²) in [5, 5.41) is 19.5. The monoisotopic (exact) mass is 512 g/mol. The Hall–Kier alpha value is -2.33. The molecular formula is C26H30ClFN6O2. The number of piperidine rings is 1. The van der Waals surface area contributed by atoms with E-state index < -0.39 is 12.3 Å². The number of aromatic nitrogens is 4. The Labute approximate surface area is 213 Å². The zero-order valence-electron chi connectivity index (χ0n) is 20.2. The third-order valence-corrected chi connectivity index (χ3v) is 9.20. The molecule has 0 unspecified atom stereocenters. The molecule has 0 radical (unpaired) electrons. The van der Waals surface area contributed by atoms with Gasteiger partial charge in [-0.05, 0) is 62.8 Å². The van der Waals surface area contributed by atoms with Crippen molar-refractivity contribution in [3.8, 4) is 0 Å². The maximum absolute atomic E-state index is 15.4. The predicted molar refractivity (Wildman–Crippen MR) is 135 cm³/mol. The Balaban J connectivity index is 1.12. The molecule has 2 bridgehead atoms. The van der Waals surface area contributed by atoms with Gasteiger partial charge in [0.05, 0.1) is 54.0 Å². The second kappa shape index (κ2) is 8.34. The van der Waals surface area contributed by atoms with E-state index in [4.69, 9.17) is 21.3 Å². The summed E-state index contributed by atoms with van der Waals surface area (Å²) in [5.74, 6) is 1.05. The first kappa shape index (κ1) is 22.8. The number of halogens is 2. The topological polar surface area (TPSA) is 88.3 Å². The van der Waals surface area contributed by atoms with Crippen molar-refractivity contribution in [1.29, 1.82) is 0 Å². The normalized spacial score (nSPS) is 33.9. The number of alkyl halides is 1. The molecule has 2 aromatic heterocycles. The molecule has 3 saturated carbocycles. The maximum atomic E-state index is 15.4. The predicted octanol–water partition coefficient (Wildman–Crippen LogP) is 3.93. The zero-order chi connectivity index (χ0) is 24.6. The number of ether oxygens (including phenoxy) is 1. The van der Waals surface area contributed by atoms with Gasteiger partial charge in [-0.2, -0.15) is 5.10 Å². The number of hydrogen-bond donors (Lipinski definition) is 2. The van der Waals surface area contributed by atoms with Gasteiger partial charge in [-0.1, -0.05) is 11.6 Å². The molecule has 5 aliphatic rings. The van der Waals surface area contributed by atoms with E-state index in [1.54, 1.807) is 6.20 Å². The number of benzene rings is 1. The van der Waals surface area contributed by atoms with Gasteiger partial charge in [0.2, 0.25) is 5.95 Å². The molecule has 10 heteroatoms. The van der Waals surface area contributed by atoms with Gasteiger partial charge in [-0.25, -0.2) is 14.4 Å². The number of fused-ring (bicyclic) bond motifs is 1. The van der Waals surface area contributed by atoms with Crippen LogP contribution in [0.15, 0.2) is 24.5 Å². The number of aliphatic hydroxyl groups is 1. The van der Waals surface area contributed by atoms with Crippen LogP contribution in [0.2, 0.25) is 5.02 Å². The smallest absolute Gasteiger partial charge is 0.227 e. The van der Waals surface area contributed by atoms with Crippen molar-refractivity contribution in [2.45, 2.75) is 62.4 Å². The van der Waals surface area contributed by atoms with Crippen LogP contribution in [0.4, 0.5) is 16.0 Å². The van der Waals surface area contributed by atoms with Gasteiger partial charge < -0.3 is 15.2 Å². The average Bonchev–Trinajstić information content (AvgIpc) is 3.38. The molecule has 0 amide bonds. The van der Waals surface area contributed by atoms with Crippen LogP contribution in [0.25, 0.3) is 10.9 Å². The number of likely N-dealkylation sites (tertiary alicyclic amines) is 1. The number of anilines is 2. The highest BCUT2D eigenvalue weighted by atomic mass is 35.5. The van der Waals surface area contributed by atoms with E-state index in [-0.39, 0.29) is 24.0 Å². The lowest BCUT2D eigenvalue weighted by Gasteiger charge is -2.61. The molecule has 3 aromatic rings. The summed E-state index contributed by atoms with van der Waals surface area (Å²) in [4.78, 5) is 11.2. The van der Waals surface area contributed by atoms with Crippen molar-refractivity contribution in [2.75, 3.05) is 31.6 Å². The Morgan fingerprint density at radius 3 is 2.75 bits per heavy atom. The SMILES string of the molecule is Cc1c(Nc2ncc3cc(Cl)c([C@@H]4CCN([C@@H]5COC[C@@H]5O)C[C@H]4F)cc3n2)cnn1C12CC(C1)C2. The minimum atomic E-state index is -1.09. The lowest BCUT2D eigenvalue weighted by Crippen LogP contribution is -2.60. The minimum absolute atomic E-state index is 0.139. The molecule has 2 saturated heterocycles. The van der Waals surface area contributed by atoms with Crippen LogP contribution in [-0.2, 0) is 10.3 Å². The Kier molecular flexibility index (Phi) is 5.29. The van der Waals surface area contributed by atoms with Gasteiger partial charge in [0, 0.05) is 29.1 Å².